The summed E-state index contributed by atoms with van der Waals surface area (Å²) in [5.74, 6) is 0.514. The number of thioether (sulfide) groups is 1. The lowest BCUT2D eigenvalue weighted by Gasteiger charge is -2.24. The summed E-state index contributed by atoms with van der Waals surface area (Å²) >= 11 is 7.57. The Balaban J connectivity index is 1.69. The summed E-state index contributed by atoms with van der Waals surface area (Å²) in [5, 5.41) is 8.75. The highest BCUT2D eigenvalue weighted by molar-refractivity contribution is 7.99. The summed E-state index contributed by atoms with van der Waals surface area (Å²) in [5.41, 5.74) is 0.911. The van der Waals surface area contributed by atoms with Crippen LogP contribution in [0, 0.1) is 17.1 Å². The first kappa shape index (κ1) is 17.6. The van der Waals surface area contributed by atoms with Gasteiger partial charge >= 0.3 is 0 Å². The fraction of sp³-hybridized carbons (Fsp3) is 0.222. The van der Waals surface area contributed by atoms with Crippen molar-refractivity contribution >= 4 is 29.3 Å². The third-order valence-electron chi connectivity index (χ3n) is 3.79. The zero-order chi connectivity index (χ0) is 17.8. The molecule has 1 aliphatic heterocycles. The number of nitrogens with zero attached hydrogens (tertiary/aromatic N) is 2. The first-order chi connectivity index (χ1) is 12.1. The van der Waals surface area contributed by atoms with Crippen LogP contribution in [0.2, 0.25) is 5.02 Å². The van der Waals surface area contributed by atoms with Crippen LogP contribution >= 0.6 is 23.4 Å². The Morgan fingerprint density at radius 3 is 2.92 bits per heavy atom. The number of nitriles is 1. The lowest BCUT2D eigenvalue weighted by molar-refractivity contribution is -0.133. The summed E-state index contributed by atoms with van der Waals surface area (Å²) in [6.45, 7) is 0.337. The summed E-state index contributed by atoms with van der Waals surface area (Å²) in [4.78, 5) is 14.1. The molecule has 1 aliphatic rings. The van der Waals surface area contributed by atoms with E-state index in [1.165, 1.54) is 23.9 Å². The molecule has 0 saturated carbocycles. The fourth-order valence-electron chi connectivity index (χ4n) is 2.57. The van der Waals surface area contributed by atoms with E-state index in [0.29, 0.717) is 23.4 Å². The molecule has 0 bridgehead atoms. The normalized spacial score (nSPS) is 16.5. The van der Waals surface area contributed by atoms with Gasteiger partial charge in [-0.2, -0.15) is 5.26 Å². The second-order valence-electron chi connectivity index (χ2n) is 5.38. The number of hydrogen-bond donors (Lipinski definition) is 0. The zero-order valence-electron chi connectivity index (χ0n) is 13.1. The third kappa shape index (κ3) is 3.89. The maximum atomic E-state index is 14.0. The van der Waals surface area contributed by atoms with E-state index in [9.17, 15) is 9.18 Å². The van der Waals surface area contributed by atoms with Crippen molar-refractivity contribution in [3.8, 4) is 11.8 Å². The molecule has 1 fully saturated rings. The van der Waals surface area contributed by atoms with Crippen LogP contribution in [0.1, 0.15) is 16.5 Å². The van der Waals surface area contributed by atoms with Crippen LogP contribution in [0.3, 0.4) is 0 Å². The van der Waals surface area contributed by atoms with E-state index in [1.807, 2.05) is 6.07 Å². The van der Waals surface area contributed by atoms with Gasteiger partial charge in [0.25, 0.3) is 5.91 Å². The summed E-state index contributed by atoms with van der Waals surface area (Å²) in [6, 6.07) is 13.1. The first-order valence-electron chi connectivity index (χ1n) is 7.58. The van der Waals surface area contributed by atoms with Crippen molar-refractivity contribution in [1.29, 1.82) is 5.26 Å². The molecule has 0 aliphatic carbocycles. The zero-order valence-corrected chi connectivity index (χ0v) is 14.7. The molecule has 1 atom stereocenters. The van der Waals surface area contributed by atoms with E-state index in [4.69, 9.17) is 21.6 Å². The highest BCUT2D eigenvalue weighted by Gasteiger charge is 2.32. The van der Waals surface area contributed by atoms with Crippen LogP contribution in [0.4, 0.5) is 4.39 Å². The van der Waals surface area contributed by atoms with Gasteiger partial charge in [-0.3, -0.25) is 4.79 Å². The summed E-state index contributed by atoms with van der Waals surface area (Å²) < 4.78 is 19.5. The quantitative estimate of drug-likeness (QED) is 0.809. The molecular formula is C18H14ClFN2O2S. The summed E-state index contributed by atoms with van der Waals surface area (Å²) in [6.07, 6.45) is 0. The molecule has 1 heterocycles. The minimum absolute atomic E-state index is 0.197. The number of carbonyl (C=O) groups is 1. The molecule has 0 radical (unpaired) electrons. The Labute approximate surface area is 154 Å². The number of benzene rings is 2. The number of carbonyl (C=O) groups excluding carboxylic acids is 1. The van der Waals surface area contributed by atoms with Gasteiger partial charge in [0, 0.05) is 17.9 Å². The van der Waals surface area contributed by atoms with Crippen LogP contribution in [-0.4, -0.2) is 29.7 Å². The van der Waals surface area contributed by atoms with Crippen molar-refractivity contribution in [3.63, 3.8) is 0 Å². The number of ether oxygens (including phenoxy) is 1. The molecular weight excluding hydrogens is 363 g/mol. The lowest BCUT2D eigenvalue weighted by Crippen LogP contribution is -2.34. The Morgan fingerprint density at radius 2 is 2.20 bits per heavy atom. The molecule has 25 heavy (non-hydrogen) atoms. The van der Waals surface area contributed by atoms with Gasteiger partial charge < -0.3 is 9.64 Å². The molecule has 0 spiro atoms. The highest BCUT2D eigenvalue weighted by Crippen LogP contribution is 2.39. The standard InChI is InChI=1S/C18H14ClFN2O2S/c19-14-9-12(10-21)5-6-16(14)24-11-17(23)22-7-8-25-18(22)13-3-1-2-4-15(13)20/h1-6,9,18H,7-8,11H2/t18-/m1/s1. The molecule has 2 aromatic carbocycles. The Bertz CT molecular complexity index is 840. The van der Waals surface area contributed by atoms with Gasteiger partial charge in [-0.05, 0) is 24.3 Å². The molecule has 0 unspecified atom stereocenters. The fourth-order valence-corrected chi connectivity index (χ4v) is 4.10. The average molecular weight is 377 g/mol. The summed E-state index contributed by atoms with van der Waals surface area (Å²) in [7, 11) is 0. The van der Waals surface area contributed by atoms with Gasteiger partial charge in [0.05, 0.1) is 16.7 Å². The average Bonchev–Trinajstić information content (AvgIpc) is 3.10. The number of hydrogen-bond acceptors (Lipinski definition) is 4. The van der Waals surface area contributed by atoms with Gasteiger partial charge in [-0.1, -0.05) is 29.8 Å². The minimum Gasteiger partial charge on any atom is -0.482 e. The Kier molecular flexibility index (Phi) is 5.47. The molecule has 4 nitrogen and oxygen atoms in total. The van der Waals surface area contributed by atoms with Crippen LogP contribution in [0.15, 0.2) is 42.5 Å². The SMILES string of the molecule is N#Cc1ccc(OCC(=O)N2CCS[C@@H]2c2ccccc2F)c(Cl)c1. The first-order valence-corrected chi connectivity index (χ1v) is 9.01. The van der Waals surface area contributed by atoms with Crippen LogP contribution in [0.25, 0.3) is 0 Å². The molecule has 0 N–H and O–H groups in total. The highest BCUT2D eigenvalue weighted by atomic mass is 35.5. The predicted octanol–water partition coefficient (Wildman–Crippen LogP) is 4.00. The number of halogens is 2. The van der Waals surface area contributed by atoms with Gasteiger partial charge in [0.2, 0.25) is 0 Å². The third-order valence-corrected chi connectivity index (χ3v) is 5.33. The van der Waals surface area contributed by atoms with Crippen molar-refractivity contribution in [2.45, 2.75) is 5.37 Å². The minimum atomic E-state index is -0.353. The van der Waals surface area contributed by atoms with Crippen molar-refractivity contribution in [2.24, 2.45) is 0 Å². The van der Waals surface area contributed by atoms with E-state index in [0.717, 1.165) is 5.75 Å². The monoisotopic (exact) mass is 376 g/mol. The van der Waals surface area contributed by atoms with E-state index < -0.39 is 0 Å². The Morgan fingerprint density at radius 1 is 1.40 bits per heavy atom. The van der Waals surface area contributed by atoms with E-state index in [2.05, 4.69) is 0 Å². The molecule has 1 amide bonds. The topological polar surface area (TPSA) is 53.3 Å². The molecule has 0 aromatic heterocycles. The maximum Gasteiger partial charge on any atom is 0.261 e. The second kappa shape index (κ2) is 7.77. The van der Waals surface area contributed by atoms with Crippen LogP contribution < -0.4 is 4.74 Å². The predicted molar refractivity (Wildman–Crippen MR) is 95.0 cm³/mol. The van der Waals surface area contributed by atoms with E-state index >= 15 is 0 Å². The maximum absolute atomic E-state index is 14.0. The largest absolute Gasteiger partial charge is 0.482 e. The van der Waals surface area contributed by atoms with E-state index in [1.54, 1.807) is 35.2 Å². The number of amides is 1. The smallest absolute Gasteiger partial charge is 0.261 e. The van der Waals surface area contributed by atoms with Gasteiger partial charge in [-0.25, -0.2) is 4.39 Å². The molecule has 2 aromatic rings. The van der Waals surface area contributed by atoms with Gasteiger partial charge in [-0.15, -0.1) is 11.8 Å². The van der Waals surface area contributed by atoms with Gasteiger partial charge in [0.15, 0.2) is 6.61 Å². The molecule has 3 rings (SSSR count). The van der Waals surface area contributed by atoms with Crippen LogP contribution in [-0.2, 0) is 4.79 Å². The van der Waals surface area contributed by atoms with Crippen molar-refractivity contribution < 1.29 is 13.9 Å². The van der Waals surface area contributed by atoms with E-state index in [-0.39, 0.29) is 28.7 Å². The Hall–Kier alpha value is -2.23. The molecule has 7 heteroatoms. The molecule has 128 valence electrons. The molecule has 1 saturated heterocycles. The number of rotatable bonds is 4. The second-order valence-corrected chi connectivity index (χ2v) is 6.97. The van der Waals surface area contributed by atoms with Crippen LogP contribution in [0.5, 0.6) is 5.75 Å². The van der Waals surface area contributed by atoms with Gasteiger partial charge in [0.1, 0.15) is 16.9 Å². The van der Waals surface area contributed by atoms with Crippen molar-refractivity contribution in [2.75, 3.05) is 18.9 Å². The lowest BCUT2D eigenvalue weighted by atomic mass is 10.2. The van der Waals surface area contributed by atoms with Crippen molar-refractivity contribution in [1.82, 2.24) is 4.90 Å². The van der Waals surface area contributed by atoms with Crippen molar-refractivity contribution in [3.05, 3.63) is 64.4 Å².